The minimum Gasteiger partial charge on any atom is -0.491 e. The first kappa shape index (κ1) is 13.9. The van der Waals surface area contributed by atoms with E-state index in [0.717, 1.165) is 43.9 Å². The van der Waals surface area contributed by atoms with Crippen molar-refractivity contribution in [1.29, 1.82) is 0 Å². The number of benzene rings is 1. The second-order valence-corrected chi connectivity index (χ2v) is 5.80. The molecule has 0 amide bonds. The van der Waals surface area contributed by atoms with Gasteiger partial charge in [0.2, 0.25) is 0 Å². The standard InChI is InChI=1S/C16H23NO3/c1-19-10-12-6-8-17(9-7-12)14-11-20-15-5-3-2-4-13(15)16(14)18/h2-5,12,14,16,18H,6-11H2,1H3. The Labute approximate surface area is 120 Å². The van der Waals surface area contributed by atoms with Crippen LogP contribution >= 0.6 is 0 Å². The number of hydrogen-bond donors (Lipinski definition) is 1. The lowest BCUT2D eigenvalue weighted by Crippen LogP contribution is -2.49. The Morgan fingerprint density at radius 2 is 2.05 bits per heavy atom. The minimum atomic E-state index is -0.445. The molecule has 4 heteroatoms. The van der Waals surface area contributed by atoms with Crippen LogP contribution in [0.5, 0.6) is 5.75 Å². The molecular weight excluding hydrogens is 254 g/mol. The van der Waals surface area contributed by atoms with Crippen LogP contribution in [0.4, 0.5) is 0 Å². The summed E-state index contributed by atoms with van der Waals surface area (Å²) >= 11 is 0. The van der Waals surface area contributed by atoms with Crippen molar-refractivity contribution in [3.05, 3.63) is 29.8 Å². The number of methoxy groups -OCH3 is 1. The second kappa shape index (κ2) is 6.12. The molecule has 2 atom stereocenters. The van der Waals surface area contributed by atoms with E-state index in [9.17, 15) is 5.11 Å². The number of likely N-dealkylation sites (tertiary alicyclic amines) is 1. The molecule has 1 aromatic rings. The lowest BCUT2D eigenvalue weighted by atomic mass is 9.93. The van der Waals surface area contributed by atoms with E-state index in [2.05, 4.69) is 4.90 Å². The highest BCUT2D eigenvalue weighted by atomic mass is 16.5. The smallest absolute Gasteiger partial charge is 0.125 e. The summed E-state index contributed by atoms with van der Waals surface area (Å²) in [7, 11) is 1.77. The molecule has 0 aromatic heterocycles. The van der Waals surface area contributed by atoms with Gasteiger partial charge in [0.25, 0.3) is 0 Å². The van der Waals surface area contributed by atoms with Gasteiger partial charge in [0.1, 0.15) is 18.5 Å². The summed E-state index contributed by atoms with van der Waals surface area (Å²) < 4.78 is 11.0. The summed E-state index contributed by atoms with van der Waals surface area (Å²) in [5.41, 5.74) is 0.919. The van der Waals surface area contributed by atoms with E-state index in [-0.39, 0.29) is 6.04 Å². The number of aliphatic hydroxyl groups is 1. The number of ether oxygens (including phenoxy) is 2. The third kappa shape index (κ3) is 2.68. The molecule has 1 fully saturated rings. The molecule has 0 saturated carbocycles. The molecule has 2 unspecified atom stereocenters. The Kier molecular flexibility index (Phi) is 4.24. The van der Waals surface area contributed by atoms with Crippen molar-refractivity contribution in [2.45, 2.75) is 25.0 Å². The fourth-order valence-electron chi connectivity index (χ4n) is 3.32. The Morgan fingerprint density at radius 3 is 2.80 bits per heavy atom. The van der Waals surface area contributed by atoms with Crippen LogP contribution in [-0.2, 0) is 4.74 Å². The maximum absolute atomic E-state index is 10.6. The second-order valence-electron chi connectivity index (χ2n) is 5.80. The van der Waals surface area contributed by atoms with Crippen LogP contribution in [0.1, 0.15) is 24.5 Å². The third-order valence-corrected chi connectivity index (χ3v) is 4.53. The zero-order valence-corrected chi connectivity index (χ0v) is 12.0. The highest BCUT2D eigenvalue weighted by Gasteiger charge is 2.35. The predicted molar refractivity (Wildman–Crippen MR) is 76.9 cm³/mol. The number of fused-ring (bicyclic) bond motifs is 1. The average Bonchev–Trinajstić information content (AvgIpc) is 2.49. The zero-order chi connectivity index (χ0) is 13.9. The van der Waals surface area contributed by atoms with Gasteiger partial charge >= 0.3 is 0 Å². The number of piperidine rings is 1. The minimum absolute atomic E-state index is 0.0772. The van der Waals surface area contributed by atoms with Crippen LogP contribution in [0, 0.1) is 5.92 Å². The molecule has 0 radical (unpaired) electrons. The normalized spacial score (nSPS) is 27.9. The number of para-hydroxylation sites is 1. The van der Waals surface area contributed by atoms with Gasteiger partial charge < -0.3 is 14.6 Å². The van der Waals surface area contributed by atoms with Crippen LogP contribution < -0.4 is 4.74 Å². The topological polar surface area (TPSA) is 41.9 Å². The first-order valence-electron chi connectivity index (χ1n) is 7.42. The van der Waals surface area contributed by atoms with Crippen molar-refractivity contribution in [3.63, 3.8) is 0 Å². The monoisotopic (exact) mass is 277 g/mol. The van der Waals surface area contributed by atoms with Crippen molar-refractivity contribution in [1.82, 2.24) is 4.90 Å². The van der Waals surface area contributed by atoms with Crippen molar-refractivity contribution in [2.75, 3.05) is 33.4 Å². The molecular formula is C16H23NO3. The van der Waals surface area contributed by atoms with E-state index >= 15 is 0 Å². The average molecular weight is 277 g/mol. The van der Waals surface area contributed by atoms with Gasteiger partial charge in [-0.2, -0.15) is 0 Å². The fourth-order valence-corrected chi connectivity index (χ4v) is 3.32. The van der Waals surface area contributed by atoms with Crippen LogP contribution in [0.15, 0.2) is 24.3 Å². The van der Waals surface area contributed by atoms with E-state index in [4.69, 9.17) is 9.47 Å². The summed E-state index contributed by atoms with van der Waals surface area (Å²) in [6.45, 7) is 3.45. The van der Waals surface area contributed by atoms with Crippen molar-refractivity contribution in [2.24, 2.45) is 5.92 Å². The van der Waals surface area contributed by atoms with Crippen molar-refractivity contribution >= 4 is 0 Å². The Balaban J connectivity index is 1.65. The third-order valence-electron chi connectivity index (χ3n) is 4.53. The van der Waals surface area contributed by atoms with Gasteiger partial charge in [-0.25, -0.2) is 0 Å². The molecule has 2 heterocycles. The van der Waals surface area contributed by atoms with E-state index in [1.807, 2.05) is 24.3 Å². The van der Waals surface area contributed by atoms with Crippen LogP contribution in [-0.4, -0.2) is 49.5 Å². The highest BCUT2D eigenvalue weighted by Crippen LogP contribution is 2.35. The van der Waals surface area contributed by atoms with Gasteiger partial charge in [-0.05, 0) is 37.9 Å². The van der Waals surface area contributed by atoms with Gasteiger partial charge in [-0.15, -0.1) is 0 Å². The summed E-state index contributed by atoms with van der Waals surface area (Å²) in [4.78, 5) is 2.37. The summed E-state index contributed by atoms with van der Waals surface area (Å²) in [5, 5.41) is 10.6. The molecule has 1 N–H and O–H groups in total. The van der Waals surface area contributed by atoms with Gasteiger partial charge in [0, 0.05) is 19.3 Å². The van der Waals surface area contributed by atoms with E-state index in [1.165, 1.54) is 0 Å². The van der Waals surface area contributed by atoms with Crippen molar-refractivity contribution < 1.29 is 14.6 Å². The molecule has 0 spiro atoms. The van der Waals surface area contributed by atoms with Crippen LogP contribution in [0.25, 0.3) is 0 Å². The maximum Gasteiger partial charge on any atom is 0.125 e. The molecule has 2 aliphatic rings. The fraction of sp³-hybridized carbons (Fsp3) is 0.625. The largest absolute Gasteiger partial charge is 0.491 e. The number of nitrogens with zero attached hydrogens (tertiary/aromatic N) is 1. The summed E-state index contributed by atoms with van der Waals surface area (Å²) in [5.74, 6) is 1.48. The number of rotatable bonds is 3. The first-order valence-corrected chi connectivity index (χ1v) is 7.42. The molecule has 2 aliphatic heterocycles. The van der Waals surface area contributed by atoms with E-state index < -0.39 is 6.10 Å². The molecule has 20 heavy (non-hydrogen) atoms. The summed E-state index contributed by atoms with van der Waals surface area (Å²) in [6, 6.07) is 7.87. The molecule has 4 nitrogen and oxygen atoms in total. The Morgan fingerprint density at radius 1 is 1.30 bits per heavy atom. The number of hydrogen-bond acceptors (Lipinski definition) is 4. The molecule has 3 rings (SSSR count). The zero-order valence-electron chi connectivity index (χ0n) is 12.0. The predicted octanol–water partition coefficient (Wildman–Crippen LogP) is 1.84. The van der Waals surface area contributed by atoms with Gasteiger partial charge in [-0.1, -0.05) is 18.2 Å². The first-order chi connectivity index (χ1) is 9.79. The highest BCUT2D eigenvalue weighted by molar-refractivity contribution is 5.37. The molecule has 0 bridgehead atoms. The lowest BCUT2D eigenvalue weighted by molar-refractivity contribution is -0.0165. The quantitative estimate of drug-likeness (QED) is 0.915. The van der Waals surface area contributed by atoms with E-state index in [0.29, 0.717) is 12.5 Å². The van der Waals surface area contributed by atoms with Crippen LogP contribution in [0.2, 0.25) is 0 Å². The molecule has 1 saturated heterocycles. The van der Waals surface area contributed by atoms with E-state index in [1.54, 1.807) is 7.11 Å². The van der Waals surface area contributed by atoms with Crippen LogP contribution in [0.3, 0.4) is 0 Å². The number of aliphatic hydroxyl groups excluding tert-OH is 1. The Hall–Kier alpha value is -1.10. The van der Waals surface area contributed by atoms with Gasteiger partial charge in [-0.3, -0.25) is 4.90 Å². The summed E-state index contributed by atoms with van der Waals surface area (Å²) in [6.07, 6.45) is 1.83. The van der Waals surface area contributed by atoms with Crippen molar-refractivity contribution in [3.8, 4) is 5.75 Å². The SMILES string of the molecule is COCC1CCN(C2COc3ccccc3C2O)CC1. The van der Waals surface area contributed by atoms with Gasteiger partial charge in [0.05, 0.1) is 6.04 Å². The lowest BCUT2D eigenvalue weighted by Gasteiger charge is -2.41. The molecule has 110 valence electrons. The maximum atomic E-state index is 10.6. The molecule has 1 aromatic carbocycles. The Bertz CT molecular complexity index is 443. The van der Waals surface area contributed by atoms with Gasteiger partial charge in [0.15, 0.2) is 0 Å². The molecule has 0 aliphatic carbocycles.